The number of rotatable bonds is 0. The highest BCUT2D eigenvalue weighted by Crippen LogP contribution is 2.38. The molecule has 13 heavy (non-hydrogen) atoms. The Morgan fingerprint density at radius 3 is 3.08 bits per heavy atom. The monoisotopic (exact) mass is 238 g/mol. The number of ether oxygens (including phenoxy) is 1. The predicted octanol–water partition coefficient (Wildman–Crippen LogP) is 1.71. The molecule has 0 radical (unpaired) electrons. The highest BCUT2D eigenvalue weighted by molar-refractivity contribution is 9.10. The molecule has 1 aromatic rings. The Hall–Kier alpha value is -1.05. The molecular formula is C9H7BrN2O. The largest absolute Gasteiger partial charge is 0.490 e. The lowest BCUT2D eigenvalue weighted by Gasteiger charge is -2.04. The van der Waals surface area contributed by atoms with Crippen LogP contribution in [-0.4, -0.2) is 6.61 Å². The first-order valence-corrected chi connectivity index (χ1v) is 4.64. The number of nitrogens with two attached hydrogens (primary N) is 1. The topological polar surface area (TPSA) is 59.0 Å². The maximum absolute atomic E-state index is 8.79. The van der Waals surface area contributed by atoms with Gasteiger partial charge >= 0.3 is 0 Å². The molecule has 1 atom stereocenters. The summed E-state index contributed by atoms with van der Waals surface area (Å²) >= 11 is 3.38. The molecule has 66 valence electrons. The van der Waals surface area contributed by atoms with Crippen LogP contribution in [0, 0.1) is 11.3 Å². The highest BCUT2D eigenvalue weighted by atomic mass is 79.9. The second-order valence-corrected chi connectivity index (χ2v) is 3.72. The molecule has 0 aliphatic carbocycles. The van der Waals surface area contributed by atoms with Gasteiger partial charge in [-0.15, -0.1) is 0 Å². The fraction of sp³-hybridized carbons (Fsp3) is 0.222. The minimum absolute atomic E-state index is 0.127. The minimum atomic E-state index is -0.127. The van der Waals surface area contributed by atoms with Crippen LogP contribution in [0.15, 0.2) is 16.6 Å². The molecule has 1 aliphatic rings. The zero-order chi connectivity index (χ0) is 9.42. The van der Waals surface area contributed by atoms with E-state index in [9.17, 15) is 0 Å². The van der Waals surface area contributed by atoms with E-state index >= 15 is 0 Å². The van der Waals surface area contributed by atoms with Crippen molar-refractivity contribution in [3.8, 4) is 11.8 Å². The van der Waals surface area contributed by atoms with E-state index in [1.54, 1.807) is 6.07 Å². The molecule has 0 spiro atoms. The van der Waals surface area contributed by atoms with Gasteiger partial charge in [-0.3, -0.25) is 0 Å². The van der Waals surface area contributed by atoms with Crippen molar-refractivity contribution in [3.05, 3.63) is 27.7 Å². The van der Waals surface area contributed by atoms with Crippen LogP contribution in [0.5, 0.6) is 5.75 Å². The second kappa shape index (κ2) is 3.02. The Kier molecular flexibility index (Phi) is 1.98. The van der Waals surface area contributed by atoms with Gasteiger partial charge in [-0.05, 0) is 12.1 Å². The van der Waals surface area contributed by atoms with Gasteiger partial charge in [0.1, 0.15) is 18.4 Å². The molecule has 1 aliphatic heterocycles. The molecule has 0 aromatic heterocycles. The number of nitriles is 1. The molecule has 0 saturated heterocycles. The third-order valence-corrected chi connectivity index (χ3v) is 2.73. The quantitative estimate of drug-likeness (QED) is 0.749. The molecule has 0 amide bonds. The summed E-state index contributed by atoms with van der Waals surface area (Å²) in [6.07, 6.45) is 0. The summed E-state index contributed by atoms with van der Waals surface area (Å²) in [5.74, 6) is 0.629. The first kappa shape index (κ1) is 8.54. The Balaban J connectivity index is 2.67. The van der Waals surface area contributed by atoms with Crippen molar-refractivity contribution in [1.29, 1.82) is 5.26 Å². The van der Waals surface area contributed by atoms with E-state index in [1.807, 2.05) is 6.07 Å². The average molecular weight is 239 g/mol. The maximum Gasteiger partial charge on any atom is 0.143 e. The van der Waals surface area contributed by atoms with Gasteiger partial charge in [-0.1, -0.05) is 15.9 Å². The number of nitrogens with zero attached hydrogens (tertiary/aromatic N) is 1. The summed E-state index contributed by atoms with van der Waals surface area (Å²) in [6.45, 7) is 0.451. The van der Waals surface area contributed by atoms with Gasteiger partial charge in [0, 0.05) is 10.0 Å². The van der Waals surface area contributed by atoms with Crippen LogP contribution in [0.4, 0.5) is 0 Å². The number of halogens is 1. The molecule has 1 heterocycles. The SMILES string of the molecule is N#Cc1ccc(Br)c2c1OCC2N. The van der Waals surface area contributed by atoms with Gasteiger partial charge in [-0.2, -0.15) is 5.26 Å². The molecule has 2 N–H and O–H groups in total. The van der Waals surface area contributed by atoms with Crippen molar-refractivity contribution in [2.75, 3.05) is 6.61 Å². The summed E-state index contributed by atoms with van der Waals surface area (Å²) in [4.78, 5) is 0. The van der Waals surface area contributed by atoms with Gasteiger partial charge < -0.3 is 10.5 Å². The zero-order valence-corrected chi connectivity index (χ0v) is 8.34. The Morgan fingerprint density at radius 1 is 1.62 bits per heavy atom. The van der Waals surface area contributed by atoms with Gasteiger partial charge in [0.15, 0.2) is 0 Å². The number of hydrogen-bond acceptors (Lipinski definition) is 3. The van der Waals surface area contributed by atoms with Crippen LogP contribution in [0.3, 0.4) is 0 Å². The van der Waals surface area contributed by atoms with E-state index in [0.717, 1.165) is 10.0 Å². The smallest absolute Gasteiger partial charge is 0.143 e. The highest BCUT2D eigenvalue weighted by Gasteiger charge is 2.25. The molecule has 0 fully saturated rings. The molecule has 3 nitrogen and oxygen atoms in total. The van der Waals surface area contributed by atoms with Crippen molar-refractivity contribution in [2.45, 2.75) is 6.04 Å². The minimum Gasteiger partial charge on any atom is -0.490 e. The summed E-state index contributed by atoms with van der Waals surface area (Å²) in [5, 5.41) is 8.79. The average Bonchev–Trinajstić information content (AvgIpc) is 2.50. The van der Waals surface area contributed by atoms with E-state index in [2.05, 4.69) is 22.0 Å². The summed E-state index contributed by atoms with van der Waals surface area (Å²) < 4.78 is 6.24. The summed E-state index contributed by atoms with van der Waals surface area (Å²) in [5.41, 5.74) is 7.26. The predicted molar refractivity (Wildman–Crippen MR) is 51.3 cm³/mol. The molecular weight excluding hydrogens is 232 g/mol. The summed E-state index contributed by atoms with van der Waals surface area (Å²) in [7, 11) is 0. The van der Waals surface area contributed by atoms with Crippen LogP contribution >= 0.6 is 15.9 Å². The first-order chi connectivity index (χ1) is 6.24. The fourth-order valence-corrected chi connectivity index (χ4v) is 2.03. The van der Waals surface area contributed by atoms with Crippen LogP contribution < -0.4 is 10.5 Å². The van der Waals surface area contributed by atoms with Crippen LogP contribution in [0.25, 0.3) is 0 Å². The van der Waals surface area contributed by atoms with Crippen molar-refractivity contribution in [2.24, 2.45) is 5.73 Å². The molecule has 2 rings (SSSR count). The van der Waals surface area contributed by atoms with Gasteiger partial charge in [0.05, 0.1) is 11.6 Å². The second-order valence-electron chi connectivity index (χ2n) is 2.87. The van der Waals surface area contributed by atoms with Gasteiger partial charge in [-0.25, -0.2) is 0 Å². The molecule has 0 saturated carbocycles. The van der Waals surface area contributed by atoms with Crippen LogP contribution in [0.2, 0.25) is 0 Å². The Morgan fingerprint density at radius 2 is 2.38 bits per heavy atom. The Bertz CT molecular complexity index is 397. The molecule has 0 bridgehead atoms. The van der Waals surface area contributed by atoms with Crippen molar-refractivity contribution in [1.82, 2.24) is 0 Å². The van der Waals surface area contributed by atoms with Gasteiger partial charge in [0.25, 0.3) is 0 Å². The van der Waals surface area contributed by atoms with E-state index < -0.39 is 0 Å². The normalized spacial score (nSPS) is 19.0. The standard InChI is InChI=1S/C9H7BrN2O/c10-6-2-1-5(3-11)9-8(6)7(12)4-13-9/h1-2,7H,4,12H2. The number of fused-ring (bicyclic) bond motifs is 1. The van der Waals surface area contributed by atoms with Crippen molar-refractivity contribution < 1.29 is 4.74 Å². The first-order valence-electron chi connectivity index (χ1n) is 3.85. The van der Waals surface area contributed by atoms with E-state index in [-0.39, 0.29) is 6.04 Å². The molecule has 1 unspecified atom stereocenters. The Labute approximate surface area is 84.2 Å². The van der Waals surface area contributed by atoms with E-state index in [4.69, 9.17) is 15.7 Å². The van der Waals surface area contributed by atoms with Gasteiger partial charge in [0.2, 0.25) is 0 Å². The van der Waals surface area contributed by atoms with Crippen molar-refractivity contribution >= 4 is 15.9 Å². The lowest BCUT2D eigenvalue weighted by atomic mass is 10.1. The third-order valence-electron chi connectivity index (χ3n) is 2.04. The maximum atomic E-state index is 8.79. The van der Waals surface area contributed by atoms with Crippen LogP contribution in [0.1, 0.15) is 17.2 Å². The lowest BCUT2D eigenvalue weighted by molar-refractivity contribution is 0.332. The lowest BCUT2D eigenvalue weighted by Crippen LogP contribution is -2.11. The molecule has 1 aromatic carbocycles. The van der Waals surface area contributed by atoms with Crippen molar-refractivity contribution in [3.63, 3.8) is 0 Å². The third kappa shape index (κ3) is 1.21. The van der Waals surface area contributed by atoms with Crippen LogP contribution in [-0.2, 0) is 0 Å². The number of hydrogen-bond donors (Lipinski definition) is 1. The fourth-order valence-electron chi connectivity index (χ4n) is 1.42. The van der Waals surface area contributed by atoms with E-state index in [0.29, 0.717) is 17.9 Å². The zero-order valence-electron chi connectivity index (χ0n) is 6.75. The van der Waals surface area contributed by atoms with E-state index in [1.165, 1.54) is 0 Å². The number of benzene rings is 1. The summed E-state index contributed by atoms with van der Waals surface area (Å²) in [6, 6.07) is 5.50. The molecule has 4 heteroatoms.